The summed E-state index contributed by atoms with van der Waals surface area (Å²) in [6, 6.07) is -0.308. The van der Waals surface area contributed by atoms with Crippen molar-refractivity contribution in [3.63, 3.8) is 0 Å². The SMILES string of the molecule is CC(C)CC(CNC(=O)NN1CCCCC1)C(=O)O. The van der Waals surface area contributed by atoms with Gasteiger partial charge in [-0.05, 0) is 25.2 Å². The van der Waals surface area contributed by atoms with E-state index in [0.29, 0.717) is 12.3 Å². The van der Waals surface area contributed by atoms with Gasteiger partial charge < -0.3 is 10.4 Å². The fourth-order valence-electron chi connectivity index (χ4n) is 2.25. The minimum Gasteiger partial charge on any atom is -0.481 e. The lowest BCUT2D eigenvalue weighted by molar-refractivity contribution is -0.142. The summed E-state index contributed by atoms with van der Waals surface area (Å²) in [6.45, 7) is 5.85. The summed E-state index contributed by atoms with van der Waals surface area (Å²) in [7, 11) is 0. The van der Waals surface area contributed by atoms with Crippen LogP contribution in [-0.2, 0) is 4.79 Å². The van der Waals surface area contributed by atoms with Gasteiger partial charge in [-0.25, -0.2) is 9.80 Å². The molecule has 1 atom stereocenters. The second-order valence-electron chi connectivity index (χ2n) is 5.53. The van der Waals surface area contributed by atoms with Crippen molar-refractivity contribution in [3.8, 4) is 0 Å². The van der Waals surface area contributed by atoms with Crippen LogP contribution in [0.25, 0.3) is 0 Å². The molecule has 0 bridgehead atoms. The number of piperidine rings is 1. The van der Waals surface area contributed by atoms with E-state index in [1.54, 1.807) is 0 Å². The zero-order valence-electron chi connectivity index (χ0n) is 11.8. The van der Waals surface area contributed by atoms with Crippen molar-refractivity contribution in [1.82, 2.24) is 15.8 Å². The molecule has 1 rings (SSSR count). The Morgan fingerprint density at radius 1 is 1.21 bits per heavy atom. The van der Waals surface area contributed by atoms with Gasteiger partial charge in [0.1, 0.15) is 0 Å². The maximum absolute atomic E-state index is 11.7. The van der Waals surface area contributed by atoms with Crippen LogP contribution in [-0.4, -0.2) is 41.8 Å². The number of hydrogen-bond donors (Lipinski definition) is 3. The minimum absolute atomic E-state index is 0.174. The van der Waals surface area contributed by atoms with Gasteiger partial charge in [-0.1, -0.05) is 20.3 Å². The molecule has 1 unspecified atom stereocenters. The molecule has 0 aliphatic carbocycles. The van der Waals surface area contributed by atoms with E-state index < -0.39 is 11.9 Å². The summed E-state index contributed by atoms with van der Waals surface area (Å²) >= 11 is 0. The Bertz CT molecular complexity index is 302. The standard InChI is InChI=1S/C13H25N3O3/c1-10(2)8-11(12(17)18)9-14-13(19)15-16-6-4-3-5-7-16/h10-11H,3-9H2,1-2H3,(H,17,18)(H2,14,15,19). The summed E-state index contributed by atoms with van der Waals surface area (Å²) in [6.07, 6.45) is 3.95. The summed E-state index contributed by atoms with van der Waals surface area (Å²) in [5.41, 5.74) is 2.76. The van der Waals surface area contributed by atoms with Gasteiger partial charge in [-0.3, -0.25) is 10.2 Å². The van der Waals surface area contributed by atoms with Crippen LogP contribution < -0.4 is 10.7 Å². The highest BCUT2D eigenvalue weighted by Gasteiger charge is 2.20. The molecule has 1 heterocycles. The minimum atomic E-state index is -0.855. The van der Waals surface area contributed by atoms with Crippen LogP contribution in [0.15, 0.2) is 0 Å². The van der Waals surface area contributed by atoms with E-state index >= 15 is 0 Å². The van der Waals surface area contributed by atoms with Gasteiger partial charge in [0.2, 0.25) is 0 Å². The molecule has 6 nitrogen and oxygen atoms in total. The van der Waals surface area contributed by atoms with Gasteiger partial charge in [0.25, 0.3) is 0 Å². The number of carbonyl (C=O) groups is 2. The Hall–Kier alpha value is -1.30. The van der Waals surface area contributed by atoms with E-state index in [-0.39, 0.29) is 12.6 Å². The lowest BCUT2D eigenvalue weighted by Gasteiger charge is -2.27. The highest BCUT2D eigenvalue weighted by Crippen LogP contribution is 2.11. The molecule has 0 aromatic heterocycles. The predicted molar refractivity (Wildman–Crippen MR) is 72.5 cm³/mol. The van der Waals surface area contributed by atoms with Crippen LogP contribution in [0, 0.1) is 11.8 Å². The third kappa shape index (κ3) is 6.42. The maximum Gasteiger partial charge on any atom is 0.329 e. The lowest BCUT2D eigenvalue weighted by atomic mass is 9.97. The van der Waals surface area contributed by atoms with Crippen molar-refractivity contribution >= 4 is 12.0 Å². The van der Waals surface area contributed by atoms with E-state index in [4.69, 9.17) is 5.11 Å². The number of carboxylic acid groups (broad SMARTS) is 1. The maximum atomic E-state index is 11.7. The van der Waals surface area contributed by atoms with Crippen molar-refractivity contribution in [2.24, 2.45) is 11.8 Å². The van der Waals surface area contributed by atoms with Crippen molar-refractivity contribution in [1.29, 1.82) is 0 Å². The average molecular weight is 271 g/mol. The van der Waals surface area contributed by atoms with Crippen LogP contribution in [0.5, 0.6) is 0 Å². The second-order valence-corrected chi connectivity index (χ2v) is 5.53. The van der Waals surface area contributed by atoms with E-state index in [0.717, 1.165) is 25.9 Å². The van der Waals surface area contributed by atoms with Crippen molar-refractivity contribution in [3.05, 3.63) is 0 Å². The van der Waals surface area contributed by atoms with Crippen LogP contribution in [0.3, 0.4) is 0 Å². The Morgan fingerprint density at radius 2 is 1.84 bits per heavy atom. The second kappa shape index (κ2) is 7.99. The van der Waals surface area contributed by atoms with Gasteiger partial charge in [0.15, 0.2) is 0 Å². The Morgan fingerprint density at radius 3 is 2.37 bits per heavy atom. The normalized spacial score (nSPS) is 18.1. The van der Waals surface area contributed by atoms with Crippen LogP contribution in [0.2, 0.25) is 0 Å². The number of urea groups is 1. The number of amides is 2. The van der Waals surface area contributed by atoms with Crippen molar-refractivity contribution < 1.29 is 14.7 Å². The summed E-state index contributed by atoms with van der Waals surface area (Å²) < 4.78 is 0. The molecule has 0 radical (unpaired) electrons. The number of nitrogens with one attached hydrogen (secondary N) is 2. The zero-order chi connectivity index (χ0) is 14.3. The van der Waals surface area contributed by atoms with Crippen LogP contribution in [0.4, 0.5) is 4.79 Å². The van der Waals surface area contributed by atoms with Gasteiger partial charge in [0.05, 0.1) is 5.92 Å². The topological polar surface area (TPSA) is 81.7 Å². The van der Waals surface area contributed by atoms with Gasteiger partial charge >= 0.3 is 12.0 Å². The largest absolute Gasteiger partial charge is 0.481 e. The number of rotatable bonds is 6. The molecular formula is C13H25N3O3. The first-order chi connectivity index (χ1) is 8.99. The lowest BCUT2D eigenvalue weighted by Crippen LogP contribution is -2.50. The number of carbonyl (C=O) groups excluding carboxylic acids is 1. The third-order valence-corrected chi connectivity index (χ3v) is 3.23. The number of carboxylic acids is 1. The van der Waals surface area contributed by atoms with Gasteiger partial charge in [0, 0.05) is 19.6 Å². The van der Waals surface area contributed by atoms with Gasteiger partial charge in [-0.15, -0.1) is 0 Å². The summed E-state index contributed by atoms with van der Waals surface area (Å²) in [5, 5.41) is 13.6. The van der Waals surface area contributed by atoms with Crippen LogP contribution in [0.1, 0.15) is 39.5 Å². The monoisotopic (exact) mass is 271 g/mol. The smallest absolute Gasteiger partial charge is 0.329 e. The Labute approximate surface area is 114 Å². The van der Waals surface area contributed by atoms with E-state index in [1.165, 1.54) is 6.42 Å². The number of hydrazine groups is 1. The molecular weight excluding hydrogens is 246 g/mol. The van der Waals surface area contributed by atoms with Crippen molar-refractivity contribution in [2.45, 2.75) is 39.5 Å². The van der Waals surface area contributed by atoms with Crippen LogP contribution >= 0.6 is 0 Å². The molecule has 1 fully saturated rings. The molecule has 1 aliphatic heterocycles. The van der Waals surface area contributed by atoms with E-state index in [9.17, 15) is 9.59 Å². The first-order valence-electron chi connectivity index (χ1n) is 7.01. The number of hydrogen-bond acceptors (Lipinski definition) is 3. The molecule has 0 aromatic carbocycles. The molecule has 0 aromatic rings. The van der Waals surface area contributed by atoms with E-state index in [1.807, 2.05) is 18.9 Å². The molecule has 1 saturated heterocycles. The quantitative estimate of drug-likeness (QED) is 0.682. The highest BCUT2D eigenvalue weighted by molar-refractivity contribution is 5.75. The fraction of sp³-hybridized carbons (Fsp3) is 0.846. The average Bonchev–Trinajstić information content (AvgIpc) is 2.35. The van der Waals surface area contributed by atoms with E-state index in [2.05, 4.69) is 10.7 Å². The summed E-state index contributed by atoms with van der Waals surface area (Å²) in [4.78, 5) is 22.7. The fourth-order valence-corrected chi connectivity index (χ4v) is 2.25. The van der Waals surface area contributed by atoms with Gasteiger partial charge in [-0.2, -0.15) is 0 Å². The molecule has 1 aliphatic rings. The Kier molecular flexibility index (Phi) is 6.62. The summed E-state index contributed by atoms with van der Waals surface area (Å²) in [5.74, 6) is -1.08. The first kappa shape index (κ1) is 15.8. The highest BCUT2D eigenvalue weighted by atomic mass is 16.4. The molecule has 3 N–H and O–H groups in total. The zero-order valence-corrected chi connectivity index (χ0v) is 11.8. The predicted octanol–water partition coefficient (Wildman–Crippen LogP) is 1.43. The molecule has 110 valence electrons. The number of aliphatic carboxylic acids is 1. The molecule has 2 amide bonds. The molecule has 6 heteroatoms. The molecule has 0 spiro atoms. The molecule has 0 saturated carbocycles. The van der Waals surface area contributed by atoms with Crippen molar-refractivity contribution in [2.75, 3.05) is 19.6 Å². The third-order valence-electron chi connectivity index (χ3n) is 3.23. The first-order valence-corrected chi connectivity index (χ1v) is 7.01. The molecule has 19 heavy (non-hydrogen) atoms. The Balaban J connectivity index is 2.28. The number of nitrogens with zero attached hydrogens (tertiary/aromatic N) is 1.